The van der Waals surface area contributed by atoms with Crippen molar-refractivity contribution in [3.05, 3.63) is 54.0 Å². The lowest BCUT2D eigenvalue weighted by molar-refractivity contribution is 0.252. The molecule has 0 spiro atoms. The molecular weight excluding hydrogens is 283 g/mol. The summed E-state index contributed by atoms with van der Waals surface area (Å²) in [6, 6.07) is 11.2. The molecule has 0 unspecified atom stereocenters. The van der Waals surface area contributed by atoms with Gasteiger partial charge in [0.2, 0.25) is 0 Å². The summed E-state index contributed by atoms with van der Waals surface area (Å²) in [5.74, 6) is 0.490. The number of benzene rings is 1. The van der Waals surface area contributed by atoms with Crippen LogP contribution < -0.4 is 15.5 Å². The van der Waals surface area contributed by atoms with E-state index < -0.39 is 0 Å². The van der Waals surface area contributed by atoms with Crippen molar-refractivity contribution in [1.29, 1.82) is 0 Å². The highest BCUT2D eigenvalue weighted by Crippen LogP contribution is 2.09. The predicted molar refractivity (Wildman–Crippen MR) is 85.7 cm³/mol. The molecule has 0 aliphatic rings. The lowest BCUT2D eigenvalue weighted by Crippen LogP contribution is -2.30. The molecule has 0 saturated heterocycles. The molecule has 0 radical (unpaired) electrons. The van der Waals surface area contributed by atoms with E-state index in [2.05, 4.69) is 15.6 Å². The van der Waals surface area contributed by atoms with E-state index in [4.69, 9.17) is 0 Å². The first-order valence-electron chi connectivity index (χ1n) is 6.98. The number of rotatable bonds is 5. The van der Waals surface area contributed by atoms with Gasteiger partial charge in [-0.15, -0.1) is 0 Å². The third kappa shape index (κ3) is 4.73. The number of hydrogen-bond donors (Lipinski definition) is 2. The van der Waals surface area contributed by atoms with Gasteiger partial charge in [-0.05, 0) is 30.3 Å². The molecule has 6 heteroatoms. The Bertz CT molecular complexity index is 646. The Balaban J connectivity index is 1.81. The van der Waals surface area contributed by atoms with E-state index in [0.29, 0.717) is 18.7 Å². The third-order valence-corrected chi connectivity index (χ3v) is 3.00. The monoisotopic (exact) mass is 302 g/mol. The Morgan fingerprint density at radius 2 is 2.00 bits per heavy atom. The van der Waals surface area contributed by atoms with E-state index >= 15 is 0 Å². The molecule has 5 nitrogen and oxygen atoms in total. The minimum absolute atomic E-state index is 0.366. The van der Waals surface area contributed by atoms with Gasteiger partial charge in [0, 0.05) is 38.4 Å². The number of nitrogens with zero attached hydrogens (tertiary/aromatic N) is 2. The molecule has 1 aromatic carbocycles. The highest BCUT2D eigenvalue weighted by molar-refractivity contribution is 5.89. The van der Waals surface area contributed by atoms with Gasteiger partial charge in [-0.3, -0.25) is 0 Å². The number of aromatic nitrogens is 1. The van der Waals surface area contributed by atoms with Crippen LogP contribution in [0.2, 0.25) is 0 Å². The van der Waals surface area contributed by atoms with Crippen molar-refractivity contribution in [3.63, 3.8) is 0 Å². The molecule has 2 amide bonds. The second-order valence-electron chi connectivity index (χ2n) is 5.02. The van der Waals surface area contributed by atoms with Crippen LogP contribution >= 0.6 is 0 Å². The molecule has 116 valence electrons. The fourth-order valence-electron chi connectivity index (χ4n) is 1.90. The minimum Gasteiger partial charge on any atom is -0.363 e. The smallest absolute Gasteiger partial charge is 0.319 e. The molecule has 2 N–H and O–H groups in total. The second kappa shape index (κ2) is 7.40. The number of carbonyl (C=O) groups excluding carboxylic acids is 1. The summed E-state index contributed by atoms with van der Waals surface area (Å²) in [5, 5.41) is 5.30. The zero-order chi connectivity index (χ0) is 15.9. The number of anilines is 2. The molecule has 0 aliphatic heterocycles. The van der Waals surface area contributed by atoms with Crippen molar-refractivity contribution in [2.24, 2.45) is 0 Å². The SMILES string of the molecule is CN(C)c1cccc(CCNC(=O)Nc2cccc(F)c2)n1. The van der Waals surface area contributed by atoms with Crippen LogP contribution in [0.5, 0.6) is 0 Å². The van der Waals surface area contributed by atoms with Gasteiger partial charge in [0.15, 0.2) is 0 Å². The van der Waals surface area contributed by atoms with Gasteiger partial charge >= 0.3 is 6.03 Å². The quantitative estimate of drug-likeness (QED) is 0.892. The van der Waals surface area contributed by atoms with Crippen LogP contribution in [-0.4, -0.2) is 31.7 Å². The van der Waals surface area contributed by atoms with Gasteiger partial charge in [-0.1, -0.05) is 12.1 Å². The lowest BCUT2D eigenvalue weighted by Gasteiger charge is -2.12. The van der Waals surface area contributed by atoms with Gasteiger partial charge in [-0.25, -0.2) is 14.2 Å². The number of urea groups is 1. The molecule has 0 fully saturated rings. The minimum atomic E-state index is -0.387. The highest BCUT2D eigenvalue weighted by atomic mass is 19.1. The molecule has 0 saturated carbocycles. The predicted octanol–water partition coefficient (Wildman–Crippen LogP) is 2.65. The van der Waals surface area contributed by atoms with Crippen molar-refractivity contribution in [2.75, 3.05) is 30.9 Å². The summed E-state index contributed by atoms with van der Waals surface area (Å²) in [6.45, 7) is 0.449. The molecule has 2 rings (SSSR count). The average Bonchev–Trinajstić information content (AvgIpc) is 2.47. The van der Waals surface area contributed by atoms with Crippen molar-refractivity contribution in [1.82, 2.24) is 10.3 Å². The van der Waals surface area contributed by atoms with Gasteiger partial charge in [-0.2, -0.15) is 0 Å². The van der Waals surface area contributed by atoms with Crippen LogP contribution in [0.1, 0.15) is 5.69 Å². The summed E-state index contributed by atoms with van der Waals surface area (Å²) >= 11 is 0. The van der Waals surface area contributed by atoms with Crippen LogP contribution in [-0.2, 0) is 6.42 Å². The van der Waals surface area contributed by atoms with Gasteiger partial charge in [0.05, 0.1) is 0 Å². The second-order valence-corrected chi connectivity index (χ2v) is 5.02. The summed E-state index contributed by atoms with van der Waals surface area (Å²) in [5.41, 5.74) is 1.32. The Morgan fingerprint density at radius 1 is 1.23 bits per heavy atom. The summed E-state index contributed by atoms with van der Waals surface area (Å²) in [7, 11) is 3.85. The molecule has 0 aliphatic carbocycles. The van der Waals surface area contributed by atoms with Gasteiger partial charge < -0.3 is 15.5 Å². The van der Waals surface area contributed by atoms with Crippen molar-refractivity contribution < 1.29 is 9.18 Å². The Labute approximate surface area is 129 Å². The fraction of sp³-hybridized carbons (Fsp3) is 0.250. The number of hydrogen-bond acceptors (Lipinski definition) is 3. The molecule has 0 atom stereocenters. The maximum Gasteiger partial charge on any atom is 0.319 e. The highest BCUT2D eigenvalue weighted by Gasteiger charge is 2.03. The first kappa shape index (κ1) is 15.8. The largest absolute Gasteiger partial charge is 0.363 e. The maximum absolute atomic E-state index is 13.0. The first-order valence-corrected chi connectivity index (χ1v) is 6.98. The van der Waals surface area contributed by atoms with Crippen LogP contribution in [0.4, 0.5) is 20.7 Å². The van der Waals surface area contributed by atoms with Crippen molar-refractivity contribution in [2.45, 2.75) is 6.42 Å². The van der Waals surface area contributed by atoms with Crippen molar-refractivity contribution in [3.8, 4) is 0 Å². The summed E-state index contributed by atoms with van der Waals surface area (Å²) in [6.07, 6.45) is 0.623. The molecule has 1 aromatic heterocycles. The Kier molecular flexibility index (Phi) is 5.30. The summed E-state index contributed by atoms with van der Waals surface area (Å²) in [4.78, 5) is 18.1. The average molecular weight is 302 g/mol. The number of nitrogens with one attached hydrogen (secondary N) is 2. The van der Waals surface area contributed by atoms with E-state index in [0.717, 1.165) is 11.5 Å². The standard InChI is InChI=1S/C16H19FN4O/c1-21(2)15-8-4-6-13(19-15)9-10-18-16(22)20-14-7-3-5-12(17)11-14/h3-8,11H,9-10H2,1-2H3,(H2,18,20,22). The molecular formula is C16H19FN4O. The molecule has 22 heavy (non-hydrogen) atoms. The first-order chi connectivity index (χ1) is 10.5. The van der Waals surface area contributed by atoms with E-state index in [1.54, 1.807) is 12.1 Å². The lowest BCUT2D eigenvalue weighted by atomic mass is 10.2. The fourth-order valence-corrected chi connectivity index (χ4v) is 1.90. The molecule has 0 bridgehead atoms. The van der Waals surface area contributed by atoms with Gasteiger partial charge in [0.1, 0.15) is 11.6 Å². The van der Waals surface area contributed by atoms with E-state index in [1.165, 1.54) is 12.1 Å². The molecule has 2 aromatic rings. The zero-order valence-electron chi connectivity index (χ0n) is 12.6. The topological polar surface area (TPSA) is 57.3 Å². The van der Waals surface area contributed by atoms with Crippen molar-refractivity contribution >= 4 is 17.5 Å². The normalized spacial score (nSPS) is 10.1. The van der Waals surface area contributed by atoms with E-state index in [-0.39, 0.29) is 11.8 Å². The van der Waals surface area contributed by atoms with Gasteiger partial charge in [0.25, 0.3) is 0 Å². The number of amides is 2. The van der Waals surface area contributed by atoms with E-state index in [9.17, 15) is 9.18 Å². The summed E-state index contributed by atoms with van der Waals surface area (Å²) < 4.78 is 13.0. The van der Waals surface area contributed by atoms with E-state index in [1.807, 2.05) is 37.2 Å². The van der Waals surface area contributed by atoms with Crippen LogP contribution in [0, 0.1) is 5.82 Å². The Hall–Kier alpha value is -2.63. The Morgan fingerprint density at radius 3 is 2.73 bits per heavy atom. The van der Waals surface area contributed by atoms with Crippen LogP contribution in [0.3, 0.4) is 0 Å². The number of carbonyl (C=O) groups is 1. The third-order valence-electron chi connectivity index (χ3n) is 3.00. The molecule has 1 heterocycles. The van der Waals surface area contributed by atoms with Crippen LogP contribution in [0.15, 0.2) is 42.5 Å². The van der Waals surface area contributed by atoms with Crippen LogP contribution in [0.25, 0.3) is 0 Å². The number of pyridine rings is 1. The zero-order valence-corrected chi connectivity index (χ0v) is 12.6. The number of halogens is 1. The maximum atomic E-state index is 13.0.